The van der Waals surface area contributed by atoms with Crippen molar-refractivity contribution in [1.82, 2.24) is 0 Å². The summed E-state index contributed by atoms with van der Waals surface area (Å²) < 4.78 is 16.0. The van der Waals surface area contributed by atoms with Crippen LogP contribution in [0.25, 0.3) is 0 Å². The summed E-state index contributed by atoms with van der Waals surface area (Å²) in [5, 5.41) is 38.6. The molecule has 0 radical (unpaired) electrons. The van der Waals surface area contributed by atoms with Crippen LogP contribution < -0.4 is 4.74 Å². The predicted molar refractivity (Wildman–Crippen MR) is 88.6 cm³/mol. The van der Waals surface area contributed by atoms with Crippen molar-refractivity contribution in [2.75, 3.05) is 6.61 Å². The van der Waals surface area contributed by atoms with Crippen LogP contribution in [0.2, 0.25) is 0 Å². The number of benzene rings is 1. The Morgan fingerprint density at radius 2 is 2.00 bits per heavy atom. The van der Waals surface area contributed by atoms with E-state index in [0.717, 1.165) is 11.1 Å². The highest BCUT2D eigenvalue weighted by Gasteiger charge is 2.45. The molecule has 8 nitrogen and oxygen atoms in total. The Morgan fingerprint density at radius 1 is 1.27 bits per heavy atom. The van der Waals surface area contributed by atoms with E-state index in [2.05, 4.69) is 6.58 Å². The van der Waals surface area contributed by atoms with Crippen molar-refractivity contribution in [3.8, 4) is 5.75 Å². The van der Waals surface area contributed by atoms with Crippen molar-refractivity contribution < 1.29 is 39.4 Å². The standard InChI is InChI=1S/C18H22O8/c1-8(2)12-6-10-5-9(3-4-11(10)24-12)17(23)26-18-16(22)15(21)14(20)13(7-19)25-18/h3-5,12-16,18-22H,1,6-7H2,2H3/t12-,13+,14+,15-,16+,18+/m1/s1. The molecule has 2 heterocycles. The molecule has 0 unspecified atom stereocenters. The first-order valence-corrected chi connectivity index (χ1v) is 8.28. The number of ether oxygens (including phenoxy) is 3. The van der Waals surface area contributed by atoms with E-state index in [4.69, 9.17) is 14.2 Å². The molecular formula is C18H22O8. The maximum Gasteiger partial charge on any atom is 0.340 e. The van der Waals surface area contributed by atoms with E-state index < -0.39 is 43.3 Å². The van der Waals surface area contributed by atoms with Gasteiger partial charge in [0, 0.05) is 6.42 Å². The van der Waals surface area contributed by atoms with Crippen LogP contribution >= 0.6 is 0 Å². The summed E-state index contributed by atoms with van der Waals surface area (Å²) in [7, 11) is 0. The smallest absolute Gasteiger partial charge is 0.340 e. The zero-order valence-corrected chi connectivity index (χ0v) is 14.2. The van der Waals surface area contributed by atoms with Gasteiger partial charge in [-0.05, 0) is 36.3 Å². The summed E-state index contributed by atoms with van der Waals surface area (Å²) in [5.74, 6) is -0.0988. The monoisotopic (exact) mass is 366 g/mol. The number of carbonyl (C=O) groups excluding carboxylic acids is 1. The first-order valence-electron chi connectivity index (χ1n) is 8.28. The minimum absolute atomic E-state index is 0.137. The van der Waals surface area contributed by atoms with E-state index in [1.54, 1.807) is 12.1 Å². The van der Waals surface area contributed by atoms with Crippen molar-refractivity contribution in [2.24, 2.45) is 0 Å². The Bertz CT molecular complexity index is 700. The molecular weight excluding hydrogens is 344 g/mol. The summed E-state index contributed by atoms with van der Waals surface area (Å²) >= 11 is 0. The van der Waals surface area contributed by atoms with Gasteiger partial charge in [-0.15, -0.1) is 0 Å². The van der Waals surface area contributed by atoms with Gasteiger partial charge < -0.3 is 34.6 Å². The summed E-state index contributed by atoms with van der Waals surface area (Å²) in [6, 6.07) is 4.80. The quantitative estimate of drug-likeness (QED) is 0.416. The third kappa shape index (κ3) is 3.46. The second-order valence-electron chi connectivity index (χ2n) is 6.58. The minimum Gasteiger partial charge on any atom is -0.485 e. The summed E-state index contributed by atoms with van der Waals surface area (Å²) in [5.41, 5.74) is 1.94. The minimum atomic E-state index is -1.64. The molecule has 1 aromatic rings. The van der Waals surface area contributed by atoms with Crippen molar-refractivity contribution in [3.05, 3.63) is 41.5 Å². The number of esters is 1. The average Bonchev–Trinajstić information content (AvgIpc) is 3.05. The molecule has 0 aromatic heterocycles. The maximum atomic E-state index is 12.4. The van der Waals surface area contributed by atoms with Gasteiger partial charge in [-0.1, -0.05) is 6.58 Å². The Hall–Kier alpha value is -1.97. The molecule has 4 N–H and O–H groups in total. The van der Waals surface area contributed by atoms with E-state index in [0.29, 0.717) is 12.2 Å². The Kier molecular flexibility index (Phi) is 5.31. The molecule has 0 saturated carbocycles. The van der Waals surface area contributed by atoms with Gasteiger partial charge in [-0.25, -0.2) is 4.79 Å². The van der Waals surface area contributed by atoms with Crippen molar-refractivity contribution in [1.29, 1.82) is 0 Å². The highest BCUT2D eigenvalue weighted by Crippen LogP contribution is 2.32. The van der Waals surface area contributed by atoms with E-state index in [1.165, 1.54) is 6.07 Å². The van der Waals surface area contributed by atoms with Crippen LogP contribution in [0, 0.1) is 0 Å². The predicted octanol–water partition coefficient (Wildman–Crippen LogP) is -0.477. The molecule has 1 saturated heterocycles. The molecule has 2 aliphatic heterocycles. The van der Waals surface area contributed by atoms with Crippen LogP contribution in [0.1, 0.15) is 22.8 Å². The lowest BCUT2D eigenvalue weighted by atomic mass is 9.99. The number of aliphatic hydroxyl groups is 4. The molecule has 3 rings (SSSR count). The third-order valence-electron chi connectivity index (χ3n) is 4.59. The van der Waals surface area contributed by atoms with E-state index in [1.807, 2.05) is 6.92 Å². The Balaban J connectivity index is 1.71. The van der Waals surface area contributed by atoms with Gasteiger partial charge in [0.1, 0.15) is 36.3 Å². The lowest BCUT2D eigenvalue weighted by molar-refractivity contribution is -0.285. The molecule has 142 valence electrons. The lowest BCUT2D eigenvalue weighted by Gasteiger charge is -2.39. The number of carbonyl (C=O) groups is 1. The summed E-state index contributed by atoms with van der Waals surface area (Å²) in [6.45, 7) is 5.13. The van der Waals surface area contributed by atoms with Crippen LogP contribution in [0.15, 0.2) is 30.4 Å². The second-order valence-corrected chi connectivity index (χ2v) is 6.58. The van der Waals surface area contributed by atoms with Gasteiger partial charge in [0.05, 0.1) is 12.2 Å². The fourth-order valence-corrected chi connectivity index (χ4v) is 2.99. The van der Waals surface area contributed by atoms with E-state index >= 15 is 0 Å². The Morgan fingerprint density at radius 3 is 2.65 bits per heavy atom. The highest BCUT2D eigenvalue weighted by molar-refractivity contribution is 5.90. The van der Waals surface area contributed by atoms with Gasteiger partial charge in [0.15, 0.2) is 0 Å². The number of aliphatic hydroxyl groups excluding tert-OH is 4. The molecule has 8 heteroatoms. The van der Waals surface area contributed by atoms with E-state index in [9.17, 15) is 25.2 Å². The van der Waals surface area contributed by atoms with E-state index in [-0.39, 0.29) is 11.7 Å². The first kappa shape index (κ1) is 18.8. The second kappa shape index (κ2) is 7.34. The molecule has 0 amide bonds. The molecule has 1 aromatic carbocycles. The van der Waals surface area contributed by atoms with Crippen LogP contribution in [0.3, 0.4) is 0 Å². The first-order chi connectivity index (χ1) is 12.3. The molecule has 6 atom stereocenters. The van der Waals surface area contributed by atoms with Crippen LogP contribution in [0.5, 0.6) is 5.75 Å². The number of fused-ring (bicyclic) bond motifs is 1. The topological polar surface area (TPSA) is 126 Å². The summed E-state index contributed by atoms with van der Waals surface area (Å²) in [4.78, 5) is 12.4. The fourth-order valence-electron chi connectivity index (χ4n) is 2.99. The van der Waals surface area contributed by atoms with Crippen LogP contribution in [0.4, 0.5) is 0 Å². The molecule has 26 heavy (non-hydrogen) atoms. The molecule has 0 aliphatic carbocycles. The van der Waals surface area contributed by atoms with Gasteiger partial charge in [-0.2, -0.15) is 0 Å². The maximum absolute atomic E-state index is 12.4. The molecule has 0 spiro atoms. The Labute approximate surface area is 150 Å². The molecule has 0 bridgehead atoms. The largest absolute Gasteiger partial charge is 0.485 e. The third-order valence-corrected chi connectivity index (χ3v) is 4.59. The number of hydrogen-bond donors (Lipinski definition) is 4. The molecule has 2 aliphatic rings. The van der Waals surface area contributed by atoms with Crippen molar-refractivity contribution >= 4 is 5.97 Å². The van der Waals surface area contributed by atoms with Gasteiger partial charge >= 0.3 is 5.97 Å². The van der Waals surface area contributed by atoms with Gasteiger partial charge in [-0.3, -0.25) is 0 Å². The van der Waals surface area contributed by atoms with Crippen LogP contribution in [-0.2, 0) is 15.9 Å². The zero-order valence-electron chi connectivity index (χ0n) is 14.2. The number of rotatable bonds is 4. The SMILES string of the molecule is C=C(C)[C@H]1Cc2cc(C(=O)O[C@@H]3O[C@@H](CO)[C@H](O)[C@@H](O)[C@@H]3O)ccc2O1. The van der Waals surface area contributed by atoms with Crippen molar-refractivity contribution in [2.45, 2.75) is 50.2 Å². The fraction of sp³-hybridized carbons (Fsp3) is 0.500. The average molecular weight is 366 g/mol. The highest BCUT2D eigenvalue weighted by atomic mass is 16.7. The van der Waals surface area contributed by atoms with Crippen molar-refractivity contribution in [3.63, 3.8) is 0 Å². The molecule has 1 fully saturated rings. The zero-order chi connectivity index (χ0) is 19.0. The number of hydrogen-bond acceptors (Lipinski definition) is 8. The van der Waals surface area contributed by atoms with Gasteiger partial charge in [0.2, 0.25) is 6.29 Å². The lowest BCUT2D eigenvalue weighted by Crippen LogP contribution is -2.59. The normalized spacial score (nSPS) is 33.3. The van der Waals surface area contributed by atoms with Gasteiger partial charge in [0.25, 0.3) is 0 Å². The van der Waals surface area contributed by atoms with Crippen LogP contribution in [-0.4, -0.2) is 69.8 Å². The summed E-state index contributed by atoms with van der Waals surface area (Å²) in [6.07, 6.45) is -6.96.